The molecular formula is C17H19N3. The molecule has 3 heteroatoms. The maximum absolute atomic E-state index is 6.00. The number of fused-ring (bicyclic) bond motifs is 1. The highest BCUT2D eigenvalue weighted by Crippen LogP contribution is 2.30. The number of hydrogen-bond acceptors (Lipinski definition) is 2. The van der Waals surface area contributed by atoms with E-state index in [1.807, 2.05) is 18.2 Å². The molecule has 0 fully saturated rings. The van der Waals surface area contributed by atoms with E-state index in [1.54, 1.807) is 0 Å². The summed E-state index contributed by atoms with van der Waals surface area (Å²) in [5.41, 5.74) is 13.8. The summed E-state index contributed by atoms with van der Waals surface area (Å²) in [4.78, 5) is 4.79. The molecule has 0 aliphatic carbocycles. The monoisotopic (exact) mass is 265 g/mol. The summed E-state index contributed by atoms with van der Waals surface area (Å²) < 4.78 is 2.16. The van der Waals surface area contributed by atoms with Crippen molar-refractivity contribution in [3.05, 3.63) is 47.0 Å². The second kappa shape index (κ2) is 4.37. The van der Waals surface area contributed by atoms with Gasteiger partial charge in [0.05, 0.1) is 11.0 Å². The molecule has 0 atom stereocenters. The number of nitrogen functional groups attached to an aromatic ring is 1. The molecule has 0 saturated carbocycles. The molecule has 3 rings (SSSR count). The minimum atomic E-state index is 0.784. The Morgan fingerprint density at radius 1 is 1.05 bits per heavy atom. The quantitative estimate of drug-likeness (QED) is 0.681. The standard InChI is InChI=1S/C17H19N3/c1-10-6-5-7-15-16(10)20(4)17(19-15)14-9-13(18)8-11(2)12(14)3/h5-9H,18H2,1-4H3. The Morgan fingerprint density at radius 2 is 1.80 bits per heavy atom. The summed E-state index contributed by atoms with van der Waals surface area (Å²) in [5.74, 6) is 0.974. The minimum absolute atomic E-state index is 0.784. The van der Waals surface area contributed by atoms with Crippen molar-refractivity contribution < 1.29 is 0 Å². The lowest BCUT2D eigenvalue weighted by Crippen LogP contribution is -1.98. The summed E-state index contributed by atoms with van der Waals surface area (Å²) in [6.45, 7) is 6.32. The third-order valence-electron chi connectivity index (χ3n) is 4.03. The van der Waals surface area contributed by atoms with Crippen LogP contribution in [0.3, 0.4) is 0 Å². The maximum Gasteiger partial charge on any atom is 0.141 e. The van der Waals surface area contributed by atoms with Crippen LogP contribution in [0.1, 0.15) is 16.7 Å². The fraction of sp³-hybridized carbons (Fsp3) is 0.235. The molecule has 1 aromatic heterocycles. The van der Waals surface area contributed by atoms with Gasteiger partial charge in [-0.05, 0) is 55.7 Å². The van der Waals surface area contributed by atoms with E-state index in [9.17, 15) is 0 Å². The SMILES string of the molecule is Cc1cc(N)cc(-c2nc3cccc(C)c3n2C)c1C. The van der Waals surface area contributed by atoms with Gasteiger partial charge in [0.1, 0.15) is 5.82 Å². The second-order valence-electron chi connectivity index (χ2n) is 5.45. The van der Waals surface area contributed by atoms with Crippen LogP contribution in [0.5, 0.6) is 0 Å². The lowest BCUT2D eigenvalue weighted by molar-refractivity contribution is 0.953. The lowest BCUT2D eigenvalue weighted by atomic mass is 10.0. The number of anilines is 1. The van der Waals surface area contributed by atoms with Crippen LogP contribution in [0.4, 0.5) is 5.69 Å². The highest BCUT2D eigenvalue weighted by molar-refractivity contribution is 5.84. The zero-order valence-corrected chi connectivity index (χ0v) is 12.4. The Labute approximate surface area is 119 Å². The van der Waals surface area contributed by atoms with E-state index in [4.69, 9.17) is 10.7 Å². The first kappa shape index (κ1) is 12.7. The largest absolute Gasteiger partial charge is 0.399 e. The Balaban J connectivity index is 2.36. The third kappa shape index (κ3) is 1.78. The second-order valence-corrected chi connectivity index (χ2v) is 5.45. The normalized spacial score (nSPS) is 11.2. The highest BCUT2D eigenvalue weighted by atomic mass is 15.1. The van der Waals surface area contributed by atoms with Crippen LogP contribution in [-0.4, -0.2) is 9.55 Å². The van der Waals surface area contributed by atoms with Crippen molar-refractivity contribution in [3.8, 4) is 11.4 Å². The van der Waals surface area contributed by atoms with Crippen molar-refractivity contribution in [2.45, 2.75) is 20.8 Å². The lowest BCUT2D eigenvalue weighted by Gasteiger charge is -2.10. The summed E-state index contributed by atoms with van der Waals surface area (Å²) in [6.07, 6.45) is 0. The van der Waals surface area contributed by atoms with Crippen molar-refractivity contribution >= 4 is 16.7 Å². The van der Waals surface area contributed by atoms with Crippen molar-refractivity contribution in [2.24, 2.45) is 7.05 Å². The number of para-hydroxylation sites is 1. The number of benzene rings is 2. The third-order valence-corrected chi connectivity index (χ3v) is 4.03. The Morgan fingerprint density at radius 3 is 2.50 bits per heavy atom. The van der Waals surface area contributed by atoms with Crippen LogP contribution in [0.2, 0.25) is 0 Å². The number of nitrogens with zero attached hydrogens (tertiary/aromatic N) is 2. The average molecular weight is 265 g/mol. The fourth-order valence-electron chi connectivity index (χ4n) is 2.83. The van der Waals surface area contributed by atoms with Gasteiger partial charge in [-0.2, -0.15) is 0 Å². The van der Waals surface area contributed by atoms with Gasteiger partial charge in [-0.15, -0.1) is 0 Å². The molecule has 20 heavy (non-hydrogen) atoms. The van der Waals surface area contributed by atoms with E-state index in [0.29, 0.717) is 0 Å². The van der Waals surface area contributed by atoms with E-state index in [0.717, 1.165) is 22.6 Å². The number of rotatable bonds is 1. The molecule has 0 bridgehead atoms. The van der Waals surface area contributed by atoms with Gasteiger partial charge >= 0.3 is 0 Å². The van der Waals surface area contributed by atoms with Crippen LogP contribution in [-0.2, 0) is 7.05 Å². The van der Waals surface area contributed by atoms with Crippen molar-refractivity contribution in [3.63, 3.8) is 0 Å². The summed E-state index contributed by atoms with van der Waals surface area (Å²) in [7, 11) is 2.07. The average Bonchev–Trinajstić information content (AvgIpc) is 2.72. The Kier molecular flexibility index (Phi) is 2.78. The minimum Gasteiger partial charge on any atom is -0.399 e. The first-order valence-corrected chi connectivity index (χ1v) is 6.78. The highest BCUT2D eigenvalue weighted by Gasteiger charge is 2.14. The number of nitrogens with two attached hydrogens (primary N) is 1. The zero-order chi connectivity index (χ0) is 14.4. The first-order chi connectivity index (χ1) is 9.49. The number of aromatic nitrogens is 2. The van der Waals surface area contributed by atoms with Gasteiger partial charge in [0.2, 0.25) is 0 Å². The molecule has 102 valence electrons. The molecule has 0 aliphatic heterocycles. The molecule has 0 radical (unpaired) electrons. The molecule has 0 aliphatic rings. The molecule has 3 nitrogen and oxygen atoms in total. The van der Waals surface area contributed by atoms with Crippen LogP contribution >= 0.6 is 0 Å². The molecule has 0 unspecified atom stereocenters. The summed E-state index contributed by atoms with van der Waals surface area (Å²) in [6, 6.07) is 10.2. The van der Waals surface area contributed by atoms with Gasteiger partial charge in [-0.25, -0.2) is 4.98 Å². The van der Waals surface area contributed by atoms with Crippen LogP contribution in [0, 0.1) is 20.8 Å². The van der Waals surface area contributed by atoms with Gasteiger partial charge < -0.3 is 10.3 Å². The molecule has 2 N–H and O–H groups in total. The Hall–Kier alpha value is -2.29. The predicted octanol–water partition coefficient (Wildman–Crippen LogP) is 3.75. The van der Waals surface area contributed by atoms with Crippen LogP contribution in [0.15, 0.2) is 30.3 Å². The first-order valence-electron chi connectivity index (χ1n) is 6.78. The van der Waals surface area contributed by atoms with Crippen LogP contribution in [0.25, 0.3) is 22.4 Å². The van der Waals surface area contributed by atoms with E-state index in [1.165, 1.54) is 22.2 Å². The fourth-order valence-corrected chi connectivity index (χ4v) is 2.83. The topological polar surface area (TPSA) is 43.8 Å². The zero-order valence-electron chi connectivity index (χ0n) is 12.4. The smallest absolute Gasteiger partial charge is 0.141 e. The molecule has 2 aromatic carbocycles. The number of hydrogen-bond donors (Lipinski definition) is 1. The number of aryl methyl sites for hydroxylation is 3. The number of imidazole rings is 1. The molecule has 0 spiro atoms. The molecule has 0 saturated heterocycles. The Bertz CT molecular complexity index is 813. The summed E-state index contributed by atoms with van der Waals surface area (Å²) >= 11 is 0. The van der Waals surface area contributed by atoms with E-state index >= 15 is 0 Å². The van der Waals surface area contributed by atoms with Gasteiger partial charge in [-0.1, -0.05) is 12.1 Å². The summed E-state index contributed by atoms with van der Waals surface area (Å²) in [5, 5.41) is 0. The van der Waals surface area contributed by atoms with Crippen molar-refractivity contribution in [1.29, 1.82) is 0 Å². The van der Waals surface area contributed by atoms with E-state index in [2.05, 4.69) is 44.5 Å². The van der Waals surface area contributed by atoms with Gasteiger partial charge in [0.25, 0.3) is 0 Å². The predicted molar refractivity (Wildman–Crippen MR) is 84.8 cm³/mol. The van der Waals surface area contributed by atoms with Crippen molar-refractivity contribution in [2.75, 3.05) is 5.73 Å². The molecule has 1 heterocycles. The van der Waals surface area contributed by atoms with Gasteiger partial charge in [0, 0.05) is 18.3 Å². The van der Waals surface area contributed by atoms with Gasteiger partial charge in [-0.3, -0.25) is 0 Å². The van der Waals surface area contributed by atoms with Crippen molar-refractivity contribution in [1.82, 2.24) is 9.55 Å². The molecule has 0 amide bonds. The maximum atomic E-state index is 6.00. The van der Waals surface area contributed by atoms with Crippen LogP contribution < -0.4 is 5.73 Å². The molecule has 3 aromatic rings. The van der Waals surface area contributed by atoms with E-state index < -0.39 is 0 Å². The van der Waals surface area contributed by atoms with Gasteiger partial charge in [0.15, 0.2) is 0 Å². The molecular weight excluding hydrogens is 246 g/mol. The van der Waals surface area contributed by atoms with E-state index in [-0.39, 0.29) is 0 Å².